The predicted molar refractivity (Wildman–Crippen MR) is 92.4 cm³/mol. The molecule has 0 bridgehead atoms. The molecule has 23 heavy (non-hydrogen) atoms. The van der Waals surface area contributed by atoms with E-state index in [1.807, 2.05) is 17.7 Å². The number of hydrogen-bond donors (Lipinski definition) is 0. The van der Waals surface area contributed by atoms with Crippen molar-refractivity contribution in [2.45, 2.75) is 30.4 Å². The van der Waals surface area contributed by atoms with Crippen LogP contribution < -0.4 is 0 Å². The largest absolute Gasteiger partial charge is 0.306 e. The molecule has 0 fully saturated rings. The molecule has 0 saturated heterocycles. The molecule has 0 aliphatic rings. The molecule has 0 aliphatic heterocycles. The molecule has 0 N–H and O–H groups in total. The zero-order chi connectivity index (χ0) is 16.2. The fourth-order valence-electron chi connectivity index (χ4n) is 2.09. The average molecular weight is 344 g/mol. The molecule has 0 amide bonds. The summed E-state index contributed by atoms with van der Waals surface area (Å²) in [6.07, 6.45) is 5.95. The summed E-state index contributed by atoms with van der Waals surface area (Å²) in [4.78, 5) is 15.7. The van der Waals surface area contributed by atoms with Crippen LogP contribution in [-0.2, 0) is 5.75 Å². The van der Waals surface area contributed by atoms with Crippen LogP contribution in [0.15, 0.2) is 41.3 Å². The van der Waals surface area contributed by atoms with Crippen LogP contribution in [0.25, 0.3) is 5.69 Å². The van der Waals surface area contributed by atoms with Gasteiger partial charge < -0.3 is 4.57 Å². The number of aromatic nitrogens is 4. The quantitative estimate of drug-likeness (QED) is 0.501. The lowest BCUT2D eigenvalue weighted by Gasteiger charge is -2.08. The number of rotatable bonds is 6. The Kier molecular flexibility index (Phi) is 4.88. The third-order valence-corrected chi connectivity index (χ3v) is 5.59. The summed E-state index contributed by atoms with van der Waals surface area (Å²) in [5.41, 5.74) is 3.57. The Balaban J connectivity index is 1.69. The Morgan fingerprint density at radius 1 is 1.35 bits per heavy atom. The van der Waals surface area contributed by atoms with Crippen molar-refractivity contribution in [3.05, 3.63) is 53.1 Å². The maximum absolute atomic E-state index is 11.6. The Bertz CT molecular complexity index is 811. The van der Waals surface area contributed by atoms with Crippen LogP contribution in [0.3, 0.4) is 0 Å². The molecule has 3 rings (SSSR count). The first-order chi connectivity index (χ1) is 11.2. The van der Waals surface area contributed by atoms with Gasteiger partial charge in [-0.3, -0.25) is 4.79 Å². The van der Waals surface area contributed by atoms with Crippen LogP contribution in [-0.4, -0.2) is 25.5 Å². The topological polar surface area (TPSA) is 60.7 Å². The van der Waals surface area contributed by atoms with Gasteiger partial charge >= 0.3 is 0 Å². The molecular weight excluding hydrogens is 328 g/mol. The molecule has 118 valence electrons. The van der Waals surface area contributed by atoms with E-state index in [1.54, 1.807) is 24.3 Å². The zero-order valence-corrected chi connectivity index (χ0v) is 14.5. The highest BCUT2D eigenvalue weighted by atomic mass is 32.2. The number of benzene rings is 1. The molecule has 3 aromatic rings. The van der Waals surface area contributed by atoms with E-state index >= 15 is 0 Å². The summed E-state index contributed by atoms with van der Waals surface area (Å²) in [6.45, 7) is 3.93. The van der Waals surface area contributed by atoms with E-state index in [1.165, 1.54) is 22.5 Å². The van der Waals surface area contributed by atoms with Crippen LogP contribution in [0.1, 0.15) is 34.3 Å². The maximum atomic E-state index is 11.6. The van der Waals surface area contributed by atoms with Crippen molar-refractivity contribution in [3.63, 3.8) is 0 Å². The summed E-state index contributed by atoms with van der Waals surface area (Å²) >= 11 is 2.98. The van der Waals surface area contributed by atoms with Gasteiger partial charge in [0.25, 0.3) is 0 Å². The first-order valence-electron chi connectivity index (χ1n) is 7.24. The highest BCUT2D eigenvalue weighted by Gasteiger charge is 2.11. The number of nitrogens with zero attached hydrogens (tertiary/aromatic N) is 4. The number of thioether (sulfide) groups is 1. The van der Waals surface area contributed by atoms with E-state index in [-0.39, 0.29) is 5.78 Å². The molecule has 2 aromatic heterocycles. The number of hydrogen-bond acceptors (Lipinski definition) is 6. The monoisotopic (exact) mass is 344 g/mol. The molecule has 2 heterocycles. The van der Waals surface area contributed by atoms with Crippen LogP contribution in [0, 0.1) is 6.92 Å². The minimum atomic E-state index is 0.0511. The Labute approximate surface area is 142 Å². The number of ketones is 1. The van der Waals surface area contributed by atoms with Gasteiger partial charge in [0.1, 0.15) is 0 Å². The first kappa shape index (κ1) is 15.9. The van der Waals surface area contributed by atoms with Crippen molar-refractivity contribution in [1.29, 1.82) is 0 Å². The smallest absolute Gasteiger partial charge is 0.193 e. The zero-order valence-electron chi connectivity index (χ0n) is 12.9. The van der Waals surface area contributed by atoms with Crippen molar-refractivity contribution >= 4 is 28.9 Å². The van der Waals surface area contributed by atoms with Crippen molar-refractivity contribution in [2.75, 3.05) is 0 Å². The van der Waals surface area contributed by atoms with Gasteiger partial charge in [0.2, 0.25) is 0 Å². The van der Waals surface area contributed by atoms with Gasteiger partial charge in [-0.25, -0.2) is 4.98 Å². The Hall–Kier alpha value is -1.99. The van der Waals surface area contributed by atoms with Crippen LogP contribution >= 0.6 is 23.1 Å². The Morgan fingerprint density at radius 2 is 2.22 bits per heavy atom. The van der Waals surface area contributed by atoms with Gasteiger partial charge in [0, 0.05) is 30.3 Å². The van der Waals surface area contributed by atoms with Crippen LogP contribution in [0.2, 0.25) is 0 Å². The minimum absolute atomic E-state index is 0.0511. The SMILES string of the molecule is CCC(=O)c1nnc(SCc2ccc(-n3ccnc3)cc2C)s1. The fraction of sp³-hybridized carbons (Fsp3) is 0.250. The van der Waals surface area contributed by atoms with E-state index in [0.29, 0.717) is 11.4 Å². The Morgan fingerprint density at radius 3 is 2.91 bits per heavy atom. The second kappa shape index (κ2) is 7.06. The average Bonchev–Trinajstić information content (AvgIpc) is 3.24. The number of carbonyl (C=O) groups is 1. The van der Waals surface area contributed by atoms with E-state index in [0.717, 1.165) is 15.8 Å². The lowest BCUT2D eigenvalue weighted by Crippen LogP contribution is -1.94. The van der Waals surface area contributed by atoms with Crippen molar-refractivity contribution in [3.8, 4) is 5.69 Å². The molecule has 0 radical (unpaired) electrons. The minimum Gasteiger partial charge on any atom is -0.306 e. The van der Waals surface area contributed by atoms with E-state index in [2.05, 4.69) is 40.3 Å². The van der Waals surface area contributed by atoms with E-state index in [9.17, 15) is 4.79 Å². The van der Waals surface area contributed by atoms with E-state index < -0.39 is 0 Å². The highest BCUT2D eigenvalue weighted by molar-refractivity contribution is 8.00. The van der Waals surface area contributed by atoms with Gasteiger partial charge in [-0.2, -0.15) is 0 Å². The van der Waals surface area contributed by atoms with E-state index in [4.69, 9.17) is 0 Å². The molecule has 0 spiro atoms. The summed E-state index contributed by atoms with van der Waals surface area (Å²) in [5.74, 6) is 0.862. The molecule has 0 aliphatic carbocycles. The number of Topliss-reactive ketones (excluding diaryl/α,β-unsaturated/α-hetero) is 1. The highest BCUT2D eigenvalue weighted by Crippen LogP contribution is 2.28. The molecule has 0 saturated carbocycles. The van der Waals surface area contributed by atoms with Gasteiger partial charge in [-0.1, -0.05) is 36.1 Å². The lowest BCUT2D eigenvalue weighted by molar-refractivity contribution is 0.0987. The van der Waals surface area contributed by atoms with Crippen LogP contribution in [0.4, 0.5) is 0 Å². The molecular formula is C16H16N4OS2. The first-order valence-corrected chi connectivity index (χ1v) is 9.05. The fourth-order valence-corrected chi connectivity index (χ4v) is 4.02. The van der Waals surface area contributed by atoms with Gasteiger partial charge in [-0.05, 0) is 30.2 Å². The van der Waals surface area contributed by atoms with Crippen LogP contribution in [0.5, 0.6) is 0 Å². The predicted octanol–water partition coefficient (Wildman–Crippen LogP) is 3.92. The third kappa shape index (κ3) is 3.68. The molecule has 5 nitrogen and oxygen atoms in total. The summed E-state index contributed by atoms with van der Waals surface area (Å²) in [6, 6.07) is 6.34. The van der Waals surface area contributed by atoms with Gasteiger partial charge in [0.05, 0.1) is 6.33 Å². The normalized spacial score (nSPS) is 10.9. The molecule has 7 heteroatoms. The summed E-state index contributed by atoms with van der Waals surface area (Å²) in [7, 11) is 0. The molecule has 1 aromatic carbocycles. The maximum Gasteiger partial charge on any atom is 0.193 e. The second-order valence-corrected chi connectivity index (χ2v) is 7.22. The van der Waals surface area contributed by atoms with Gasteiger partial charge in [0.15, 0.2) is 15.1 Å². The van der Waals surface area contributed by atoms with Crippen molar-refractivity contribution in [2.24, 2.45) is 0 Å². The summed E-state index contributed by atoms with van der Waals surface area (Å²) in [5, 5.41) is 8.55. The lowest BCUT2D eigenvalue weighted by atomic mass is 10.1. The summed E-state index contributed by atoms with van der Waals surface area (Å²) < 4.78 is 2.82. The standard InChI is InChI=1S/C16H16N4OS2/c1-3-14(21)15-18-19-16(23-15)22-9-12-4-5-13(8-11(12)2)20-7-6-17-10-20/h4-8,10H,3,9H2,1-2H3. The number of imidazole rings is 1. The second-order valence-electron chi connectivity index (χ2n) is 5.02. The molecule has 0 atom stereocenters. The van der Waals surface area contributed by atoms with Crippen molar-refractivity contribution in [1.82, 2.24) is 19.7 Å². The van der Waals surface area contributed by atoms with Crippen molar-refractivity contribution < 1.29 is 4.79 Å². The third-order valence-electron chi connectivity index (χ3n) is 3.45. The molecule has 0 unspecified atom stereocenters. The van der Waals surface area contributed by atoms with Gasteiger partial charge in [-0.15, -0.1) is 10.2 Å². The number of carbonyl (C=O) groups excluding carboxylic acids is 1. The number of aryl methyl sites for hydroxylation is 1.